The summed E-state index contributed by atoms with van der Waals surface area (Å²) < 4.78 is 45.2. The fraction of sp³-hybridized carbons (Fsp3) is 0.682. The minimum Gasteiger partial charge on any atom is -0.465 e. The van der Waals surface area contributed by atoms with Gasteiger partial charge >= 0.3 is 12.3 Å². The lowest BCUT2D eigenvalue weighted by atomic mass is 9.88. The highest BCUT2D eigenvalue weighted by Gasteiger charge is 2.42. The van der Waals surface area contributed by atoms with E-state index in [1.807, 2.05) is 13.1 Å². The predicted molar refractivity (Wildman–Crippen MR) is 118 cm³/mol. The van der Waals surface area contributed by atoms with E-state index >= 15 is 0 Å². The molecule has 0 radical (unpaired) electrons. The summed E-state index contributed by atoms with van der Waals surface area (Å²) in [7, 11) is -2.25. The van der Waals surface area contributed by atoms with Gasteiger partial charge in [-0.2, -0.15) is 13.2 Å². The van der Waals surface area contributed by atoms with E-state index in [0.717, 1.165) is 12.1 Å². The third kappa shape index (κ3) is 6.95. The second-order valence-corrected chi connectivity index (χ2v) is 15.2. The second-order valence-electron chi connectivity index (χ2n) is 10.4. The Morgan fingerprint density at radius 1 is 1.06 bits per heavy atom. The summed E-state index contributed by atoms with van der Waals surface area (Å²) in [6.45, 7) is 15.1. The van der Waals surface area contributed by atoms with Gasteiger partial charge in [-0.15, -0.1) is 0 Å². The molecule has 0 unspecified atom stereocenters. The summed E-state index contributed by atoms with van der Waals surface area (Å²) in [6.07, 6.45) is -5.65. The van der Waals surface area contributed by atoms with Crippen molar-refractivity contribution in [3.05, 3.63) is 35.4 Å². The van der Waals surface area contributed by atoms with Crippen LogP contribution in [0.15, 0.2) is 24.3 Å². The molecule has 0 aliphatic rings. The van der Waals surface area contributed by atoms with Crippen LogP contribution in [0.2, 0.25) is 18.1 Å². The quantitative estimate of drug-likeness (QED) is 0.490. The van der Waals surface area contributed by atoms with E-state index in [1.54, 1.807) is 20.8 Å². The van der Waals surface area contributed by atoms with Crippen LogP contribution in [-0.2, 0) is 10.6 Å². The SMILES string of the molecule is CC(C)(C)N(C(=O)O)[C@H](CO[Si](C)(C)C(C)(C)C)[C@@H](CO)c1ccc(C(F)(F)F)cc1. The maximum Gasteiger partial charge on any atom is 0.416 e. The van der Waals surface area contributed by atoms with Crippen LogP contribution in [0.3, 0.4) is 0 Å². The molecule has 1 rings (SSSR count). The van der Waals surface area contributed by atoms with Crippen LogP contribution in [0.4, 0.5) is 18.0 Å². The number of hydrogen-bond acceptors (Lipinski definition) is 3. The average Bonchev–Trinajstić information content (AvgIpc) is 2.57. The van der Waals surface area contributed by atoms with Crippen LogP contribution in [0.1, 0.15) is 58.6 Å². The monoisotopic (exact) mass is 463 g/mol. The average molecular weight is 464 g/mol. The van der Waals surface area contributed by atoms with E-state index in [4.69, 9.17) is 4.43 Å². The summed E-state index contributed by atoms with van der Waals surface area (Å²) in [5, 5.41) is 20.0. The third-order valence-corrected chi connectivity index (χ3v) is 10.5. The number of alkyl halides is 3. The zero-order valence-corrected chi connectivity index (χ0v) is 20.7. The molecular formula is C22H36F3NO4Si. The Labute approximate surface area is 184 Å². The van der Waals surface area contributed by atoms with E-state index in [-0.39, 0.29) is 11.6 Å². The Balaban J connectivity index is 3.43. The number of carboxylic acid groups (broad SMARTS) is 1. The molecule has 0 saturated carbocycles. The predicted octanol–water partition coefficient (Wildman–Crippen LogP) is 5.95. The molecule has 178 valence electrons. The van der Waals surface area contributed by atoms with Gasteiger partial charge in [0.05, 0.1) is 24.8 Å². The number of benzene rings is 1. The molecule has 0 heterocycles. The van der Waals surface area contributed by atoms with Gasteiger partial charge in [0.15, 0.2) is 8.32 Å². The van der Waals surface area contributed by atoms with Gasteiger partial charge in [-0.1, -0.05) is 32.9 Å². The van der Waals surface area contributed by atoms with Gasteiger partial charge in [-0.25, -0.2) is 4.79 Å². The normalized spacial score (nSPS) is 15.5. The third-order valence-electron chi connectivity index (χ3n) is 6.01. The lowest BCUT2D eigenvalue weighted by Crippen LogP contribution is -2.57. The van der Waals surface area contributed by atoms with Crippen LogP contribution < -0.4 is 0 Å². The number of aliphatic hydroxyl groups is 1. The molecule has 0 saturated heterocycles. The van der Waals surface area contributed by atoms with E-state index < -0.39 is 50.3 Å². The number of nitrogens with zero attached hydrogens (tertiary/aromatic N) is 1. The van der Waals surface area contributed by atoms with Gasteiger partial charge in [0.25, 0.3) is 0 Å². The van der Waals surface area contributed by atoms with Gasteiger partial charge in [-0.3, -0.25) is 4.90 Å². The first-order valence-electron chi connectivity index (χ1n) is 10.3. The van der Waals surface area contributed by atoms with E-state index in [2.05, 4.69) is 20.8 Å². The maximum absolute atomic E-state index is 13.0. The zero-order valence-electron chi connectivity index (χ0n) is 19.7. The number of halogens is 3. The largest absolute Gasteiger partial charge is 0.465 e. The zero-order chi connectivity index (χ0) is 24.4. The van der Waals surface area contributed by atoms with Gasteiger partial charge in [0.2, 0.25) is 0 Å². The Hall–Kier alpha value is -1.58. The van der Waals surface area contributed by atoms with Crippen LogP contribution in [0.25, 0.3) is 0 Å². The fourth-order valence-corrected chi connectivity index (χ4v) is 4.20. The highest BCUT2D eigenvalue weighted by Crippen LogP contribution is 2.38. The Morgan fingerprint density at radius 2 is 1.55 bits per heavy atom. The smallest absolute Gasteiger partial charge is 0.416 e. The second kappa shape index (κ2) is 9.50. The molecule has 1 aromatic carbocycles. The molecule has 1 amide bonds. The molecule has 2 atom stereocenters. The standard InChI is InChI=1S/C22H36F3NO4Si/c1-20(2,3)26(19(28)29)18(14-30-31(7,8)21(4,5)6)17(13-27)15-9-11-16(12-10-15)22(23,24)25/h9-12,17-18,27H,13-14H2,1-8H3,(H,28,29)/t17-,18+/m0/s1. The topological polar surface area (TPSA) is 70.0 Å². The van der Waals surface area contributed by atoms with Gasteiger partial charge in [0.1, 0.15) is 0 Å². The van der Waals surface area contributed by atoms with Gasteiger partial charge in [-0.05, 0) is 56.6 Å². The summed E-state index contributed by atoms with van der Waals surface area (Å²) >= 11 is 0. The summed E-state index contributed by atoms with van der Waals surface area (Å²) in [5.41, 5.74) is -1.19. The molecule has 1 aromatic rings. The molecular weight excluding hydrogens is 427 g/mol. The number of amides is 1. The molecule has 0 aliphatic heterocycles. The summed E-state index contributed by atoms with van der Waals surface area (Å²) in [4.78, 5) is 13.4. The number of carbonyl (C=O) groups is 1. The molecule has 0 aliphatic carbocycles. The molecule has 5 nitrogen and oxygen atoms in total. The Bertz CT molecular complexity index is 737. The Kier molecular flexibility index (Phi) is 8.41. The number of hydrogen-bond donors (Lipinski definition) is 2. The van der Waals surface area contributed by atoms with Crippen molar-refractivity contribution in [3.8, 4) is 0 Å². The van der Waals surface area contributed by atoms with Crippen molar-refractivity contribution >= 4 is 14.4 Å². The summed E-state index contributed by atoms with van der Waals surface area (Å²) in [5.74, 6) is -0.748. The first-order valence-corrected chi connectivity index (χ1v) is 13.2. The molecule has 0 spiro atoms. The minimum atomic E-state index is -4.48. The van der Waals surface area contributed by atoms with E-state index in [1.165, 1.54) is 17.0 Å². The van der Waals surface area contributed by atoms with Gasteiger partial charge < -0.3 is 14.6 Å². The molecule has 0 bridgehead atoms. The fourth-order valence-electron chi connectivity index (χ4n) is 3.18. The molecule has 0 aromatic heterocycles. The van der Waals surface area contributed by atoms with Crippen molar-refractivity contribution < 1.29 is 32.6 Å². The Morgan fingerprint density at radius 3 is 1.87 bits per heavy atom. The lowest BCUT2D eigenvalue weighted by molar-refractivity contribution is -0.137. The van der Waals surface area contributed by atoms with Crippen LogP contribution in [0.5, 0.6) is 0 Å². The van der Waals surface area contributed by atoms with Gasteiger partial charge in [0, 0.05) is 11.5 Å². The van der Waals surface area contributed by atoms with E-state index in [9.17, 15) is 28.2 Å². The van der Waals surface area contributed by atoms with Crippen molar-refractivity contribution in [1.82, 2.24) is 4.90 Å². The molecule has 0 fully saturated rings. The van der Waals surface area contributed by atoms with Crippen LogP contribution >= 0.6 is 0 Å². The number of aliphatic hydroxyl groups excluding tert-OH is 1. The highest BCUT2D eigenvalue weighted by atomic mass is 28.4. The first kappa shape index (κ1) is 27.5. The lowest BCUT2D eigenvalue weighted by Gasteiger charge is -2.45. The van der Waals surface area contributed by atoms with Crippen molar-refractivity contribution in [1.29, 1.82) is 0 Å². The van der Waals surface area contributed by atoms with Crippen molar-refractivity contribution in [3.63, 3.8) is 0 Å². The minimum absolute atomic E-state index is 0.0340. The van der Waals surface area contributed by atoms with Crippen LogP contribution in [0, 0.1) is 0 Å². The molecule has 31 heavy (non-hydrogen) atoms. The molecule has 9 heteroatoms. The number of rotatable bonds is 7. The highest BCUT2D eigenvalue weighted by molar-refractivity contribution is 6.74. The summed E-state index contributed by atoms with van der Waals surface area (Å²) in [6, 6.07) is 3.71. The van der Waals surface area contributed by atoms with Crippen molar-refractivity contribution in [2.24, 2.45) is 0 Å². The van der Waals surface area contributed by atoms with Crippen LogP contribution in [-0.4, -0.2) is 54.3 Å². The van der Waals surface area contributed by atoms with Crippen molar-refractivity contribution in [2.75, 3.05) is 13.2 Å². The first-order chi connectivity index (χ1) is 13.8. The van der Waals surface area contributed by atoms with E-state index in [0.29, 0.717) is 5.56 Å². The maximum atomic E-state index is 13.0. The molecule has 2 N–H and O–H groups in total. The van der Waals surface area contributed by atoms with Crippen molar-refractivity contribution in [2.45, 2.75) is 83.3 Å².